The maximum Gasteiger partial charge on any atom is 0.138 e. The first-order chi connectivity index (χ1) is 10.5. The lowest BCUT2D eigenvalue weighted by Crippen LogP contribution is -2.23. The van der Waals surface area contributed by atoms with E-state index in [9.17, 15) is 0 Å². The summed E-state index contributed by atoms with van der Waals surface area (Å²) in [5.74, 6) is 0.838. The number of methoxy groups -OCH3 is 1. The van der Waals surface area contributed by atoms with Gasteiger partial charge in [0.1, 0.15) is 5.76 Å². The van der Waals surface area contributed by atoms with Crippen LogP contribution in [0, 0.1) is 13.8 Å². The zero-order chi connectivity index (χ0) is 16.1. The fraction of sp³-hybridized carbons (Fsp3) is 0.438. The van der Waals surface area contributed by atoms with Crippen LogP contribution >= 0.6 is 23.2 Å². The fourth-order valence-corrected chi connectivity index (χ4v) is 2.64. The molecule has 2 aromatic rings. The van der Waals surface area contributed by atoms with Crippen molar-refractivity contribution in [2.24, 2.45) is 0 Å². The first kappa shape index (κ1) is 17.3. The molecule has 1 N–H and O–H groups in total. The summed E-state index contributed by atoms with van der Waals surface area (Å²) in [5, 5.41) is 8.61. The van der Waals surface area contributed by atoms with E-state index in [0.717, 1.165) is 29.0 Å². The van der Waals surface area contributed by atoms with E-state index in [1.807, 2.05) is 32.0 Å². The van der Waals surface area contributed by atoms with Crippen molar-refractivity contribution in [3.05, 3.63) is 50.8 Å². The van der Waals surface area contributed by atoms with E-state index in [0.29, 0.717) is 23.2 Å². The first-order valence-corrected chi connectivity index (χ1v) is 7.87. The van der Waals surface area contributed by atoms with Crippen LogP contribution in [0.2, 0.25) is 10.0 Å². The zero-order valence-electron chi connectivity index (χ0n) is 13.0. The van der Waals surface area contributed by atoms with E-state index in [4.69, 9.17) is 32.5 Å². The molecule has 120 valence electrons. The van der Waals surface area contributed by atoms with Crippen molar-refractivity contribution in [3.8, 4) is 0 Å². The molecular formula is C16H20Cl2N2O2. The van der Waals surface area contributed by atoms with Gasteiger partial charge >= 0.3 is 0 Å². The van der Waals surface area contributed by atoms with Gasteiger partial charge in [-0.25, -0.2) is 0 Å². The number of halogens is 2. The molecule has 0 aliphatic carbocycles. The van der Waals surface area contributed by atoms with Gasteiger partial charge in [-0.2, -0.15) is 0 Å². The van der Waals surface area contributed by atoms with E-state index in [2.05, 4.69) is 10.5 Å². The molecule has 1 unspecified atom stereocenters. The van der Waals surface area contributed by atoms with Crippen LogP contribution in [0.3, 0.4) is 0 Å². The van der Waals surface area contributed by atoms with Crippen molar-refractivity contribution >= 4 is 23.2 Å². The second-order valence-corrected chi connectivity index (χ2v) is 6.01. The molecule has 0 radical (unpaired) electrons. The van der Waals surface area contributed by atoms with E-state index in [-0.39, 0.29) is 6.04 Å². The normalized spacial score (nSPS) is 12.6. The maximum atomic E-state index is 6.13. The summed E-state index contributed by atoms with van der Waals surface area (Å²) in [5.41, 5.74) is 3.07. The summed E-state index contributed by atoms with van der Waals surface area (Å²) in [7, 11) is 1.69. The average Bonchev–Trinajstić information content (AvgIpc) is 2.82. The number of rotatable bonds is 7. The molecular weight excluding hydrogens is 323 g/mol. The summed E-state index contributed by atoms with van der Waals surface area (Å²) >= 11 is 12.1. The zero-order valence-corrected chi connectivity index (χ0v) is 14.5. The molecule has 0 aliphatic heterocycles. The number of nitrogens with zero attached hydrogens (tertiary/aromatic N) is 1. The van der Waals surface area contributed by atoms with Crippen molar-refractivity contribution in [2.45, 2.75) is 32.9 Å². The van der Waals surface area contributed by atoms with Gasteiger partial charge < -0.3 is 14.6 Å². The molecule has 0 spiro atoms. The monoisotopic (exact) mass is 342 g/mol. The number of aromatic nitrogens is 1. The van der Waals surface area contributed by atoms with Crippen LogP contribution in [-0.2, 0) is 11.3 Å². The molecule has 0 fully saturated rings. The lowest BCUT2D eigenvalue weighted by Gasteiger charge is -2.19. The number of hydrogen-bond donors (Lipinski definition) is 1. The topological polar surface area (TPSA) is 47.3 Å². The molecule has 1 aromatic carbocycles. The van der Waals surface area contributed by atoms with Crippen LogP contribution in [0.1, 0.15) is 35.0 Å². The quantitative estimate of drug-likeness (QED) is 0.806. The molecule has 1 heterocycles. The average molecular weight is 343 g/mol. The minimum Gasteiger partial charge on any atom is -0.385 e. The molecule has 1 atom stereocenters. The van der Waals surface area contributed by atoms with E-state index in [1.165, 1.54) is 0 Å². The predicted octanol–water partition coefficient (Wildman–Crippen LogP) is 4.47. The molecule has 6 heteroatoms. The Morgan fingerprint density at radius 2 is 2.05 bits per heavy atom. The van der Waals surface area contributed by atoms with E-state index < -0.39 is 0 Å². The van der Waals surface area contributed by atoms with Gasteiger partial charge in [0.05, 0.1) is 15.7 Å². The summed E-state index contributed by atoms with van der Waals surface area (Å²) in [6.07, 6.45) is 0.831. The number of ether oxygens (including phenoxy) is 1. The SMILES string of the molecule is COCCC(NCc1c(C)noc1C)c1ccc(Cl)c(Cl)c1. The minimum absolute atomic E-state index is 0.114. The highest BCUT2D eigenvalue weighted by Gasteiger charge is 2.15. The van der Waals surface area contributed by atoms with Crippen LogP contribution in [0.15, 0.2) is 22.7 Å². The third-order valence-electron chi connectivity index (χ3n) is 3.66. The summed E-state index contributed by atoms with van der Waals surface area (Å²) < 4.78 is 10.4. The molecule has 22 heavy (non-hydrogen) atoms. The van der Waals surface area contributed by atoms with Gasteiger partial charge in [-0.05, 0) is 38.0 Å². The predicted molar refractivity (Wildman–Crippen MR) is 88.5 cm³/mol. The van der Waals surface area contributed by atoms with Crippen LogP contribution in [0.25, 0.3) is 0 Å². The maximum absolute atomic E-state index is 6.13. The van der Waals surface area contributed by atoms with Crippen molar-refractivity contribution in [1.29, 1.82) is 0 Å². The van der Waals surface area contributed by atoms with E-state index >= 15 is 0 Å². The summed E-state index contributed by atoms with van der Waals surface area (Å²) in [6, 6.07) is 5.80. The smallest absolute Gasteiger partial charge is 0.138 e. The molecule has 1 aromatic heterocycles. The molecule has 4 nitrogen and oxygen atoms in total. The molecule has 0 bridgehead atoms. The lowest BCUT2D eigenvalue weighted by atomic mass is 10.0. The third kappa shape index (κ3) is 4.23. The Bertz CT molecular complexity index is 609. The highest BCUT2D eigenvalue weighted by molar-refractivity contribution is 6.42. The number of benzene rings is 1. The molecule has 0 amide bonds. The molecule has 0 saturated heterocycles. The van der Waals surface area contributed by atoms with Gasteiger partial charge in [-0.1, -0.05) is 34.4 Å². The highest BCUT2D eigenvalue weighted by atomic mass is 35.5. The standard InChI is InChI=1S/C16H20Cl2N2O2/c1-10-13(11(2)22-20-10)9-19-16(6-7-21-3)12-4-5-14(17)15(18)8-12/h4-5,8,16,19H,6-7,9H2,1-3H3. The Labute approximate surface area is 140 Å². The Balaban J connectivity index is 2.13. The first-order valence-electron chi connectivity index (χ1n) is 7.12. The van der Waals surface area contributed by atoms with Crippen LogP contribution in [0.4, 0.5) is 0 Å². The number of aryl methyl sites for hydroxylation is 2. The minimum atomic E-state index is 0.114. The van der Waals surface area contributed by atoms with Gasteiger partial charge in [-0.3, -0.25) is 0 Å². The number of hydrogen-bond acceptors (Lipinski definition) is 4. The van der Waals surface area contributed by atoms with Crippen molar-refractivity contribution < 1.29 is 9.26 Å². The third-order valence-corrected chi connectivity index (χ3v) is 4.40. The van der Waals surface area contributed by atoms with Crippen molar-refractivity contribution in [1.82, 2.24) is 10.5 Å². The second-order valence-electron chi connectivity index (χ2n) is 5.19. The number of nitrogens with one attached hydrogen (secondary N) is 1. The van der Waals surface area contributed by atoms with Gasteiger partial charge in [0.25, 0.3) is 0 Å². The second kappa shape index (κ2) is 7.97. The fourth-order valence-electron chi connectivity index (χ4n) is 2.33. The van der Waals surface area contributed by atoms with Crippen LogP contribution in [-0.4, -0.2) is 18.9 Å². The Morgan fingerprint density at radius 1 is 1.27 bits per heavy atom. The van der Waals surface area contributed by atoms with Crippen LogP contribution < -0.4 is 5.32 Å². The van der Waals surface area contributed by atoms with Gasteiger partial charge in [0.15, 0.2) is 0 Å². The summed E-state index contributed by atoms with van der Waals surface area (Å²) in [4.78, 5) is 0. The lowest BCUT2D eigenvalue weighted by molar-refractivity contribution is 0.182. The summed E-state index contributed by atoms with van der Waals surface area (Å²) in [6.45, 7) is 5.19. The van der Waals surface area contributed by atoms with Gasteiger partial charge in [-0.15, -0.1) is 0 Å². The Hall–Kier alpha value is -1.07. The Kier molecular flexibility index (Phi) is 6.26. The van der Waals surface area contributed by atoms with Gasteiger partial charge in [0, 0.05) is 31.9 Å². The molecule has 0 saturated carbocycles. The highest BCUT2D eigenvalue weighted by Crippen LogP contribution is 2.27. The molecule has 0 aliphatic rings. The van der Waals surface area contributed by atoms with E-state index in [1.54, 1.807) is 7.11 Å². The van der Waals surface area contributed by atoms with Crippen molar-refractivity contribution in [3.63, 3.8) is 0 Å². The van der Waals surface area contributed by atoms with Crippen molar-refractivity contribution in [2.75, 3.05) is 13.7 Å². The van der Waals surface area contributed by atoms with Gasteiger partial charge in [0.2, 0.25) is 0 Å². The largest absolute Gasteiger partial charge is 0.385 e. The van der Waals surface area contributed by atoms with Crippen LogP contribution in [0.5, 0.6) is 0 Å². The molecule has 2 rings (SSSR count). The Morgan fingerprint density at radius 3 is 2.64 bits per heavy atom.